The minimum absolute atomic E-state index is 0.195. The van der Waals surface area contributed by atoms with Crippen LogP contribution < -0.4 is 5.32 Å². The molecule has 124 valence electrons. The van der Waals surface area contributed by atoms with Gasteiger partial charge in [-0.3, -0.25) is 10.1 Å². The molecule has 1 aliphatic rings. The van der Waals surface area contributed by atoms with E-state index in [-0.39, 0.29) is 6.04 Å². The Kier molecular flexibility index (Phi) is 7.67. The summed E-state index contributed by atoms with van der Waals surface area (Å²) in [6.07, 6.45) is 7.44. The van der Waals surface area contributed by atoms with Gasteiger partial charge in [0, 0.05) is 12.1 Å². The molecule has 1 fully saturated rings. The van der Waals surface area contributed by atoms with Gasteiger partial charge in [-0.1, -0.05) is 20.3 Å². The lowest BCUT2D eigenvalue weighted by Gasteiger charge is -2.32. The highest BCUT2D eigenvalue weighted by Gasteiger charge is 2.37. The first-order valence-corrected chi connectivity index (χ1v) is 8.70. The zero-order valence-electron chi connectivity index (χ0n) is 14.3. The number of carboxylic acid groups (broad SMARTS) is 1. The summed E-state index contributed by atoms with van der Waals surface area (Å²) in [5.74, 6) is -0.703. The molecule has 0 spiro atoms. The maximum absolute atomic E-state index is 11.7. The third-order valence-electron chi connectivity index (χ3n) is 4.49. The highest BCUT2D eigenvalue weighted by Crippen LogP contribution is 2.28. The first-order chi connectivity index (χ1) is 9.95. The smallest absolute Gasteiger partial charge is 0.323 e. The zero-order valence-corrected chi connectivity index (χ0v) is 14.3. The lowest BCUT2D eigenvalue weighted by Crippen LogP contribution is -2.54. The van der Waals surface area contributed by atoms with Gasteiger partial charge in [0.15, 0.2) is 0 Å². The van der Waals surface area contributed by atoms with Gasteiger partial charge >= 0.3 is 5.97 Å². The van der Waals surface area contributed by atoms with Crippen LogP contribution in [0.25, 0.3) is 0 Å². The maximum Gasteiger partial charge on any atom is 0.323 e. The van der Waals surface area contributed by atoms with Crippen LogP contribution in [-0.2, 0) is 4.79 Å². The van der Waals surface area contributed by atoms with Crippen molar-refractivity contribution in [2.45, 2.75) is 90.3 Å². The van der Waals surface area contributed by atoms with Crippen molar-refractivity contribution >= 4 is 5.97 Å². The molecule has 4 nitrogen and oxygen atoms in total. The van der Waals surface area contributed by atoms with E-state index in [0.717, 1.165) is 19.0 Å². The summed E-state index contributed by atoms with van der Waals surface area (Å²) in [7, 11) is 0. The quantitative estimate of drug-likeness (QED) is 0.580. The predicted octanol–water partition coefficient (Wildman–Crippen LogP) is 3.26. The van der Waals surface area contributed by atoms with Crippen LogP contribution in [0.4, 0.5) is 0 Å². The first-order valence-electron chi connectivity index (χ1n) is 8.70. The fourth-order valence-electron chi connectivity index (χ4n) is 3.09. The minimum atomic E-state index is -0.756. The van der Waals surface area contributed by atoms with Crippen LogP contribution in [0.15, 0.2) is 0 Å². The number of unbranched alkanes of at least 4 members (excludes halogenated alkanes) is 1. The monoisotopic (exact) mass is 298 g/mol. The topological polar surface area (TPSA) is 52.6 Å². The molecule has 1 atom stereocenters. The van der Waals surface area contributed by atoms with E-state index in [1.807, 2.05) is 20.8 Å². The third kappa shape index (κ3) is 5.95. The highest BCUT2D eigenvalue weighted by atomic mass is 16.4. The largest absolute Gasteiger partial charge is 0.480 e. The molecule has 0 aromatic heterocycles. The third-order valence-corrected chi connectivity index (χ3v) is 4.49. The van der Waals surface area contributed by atoms with Crippen LogP contribution in [0.3, 0.4) is 0 Å². The second-order valence-electron chi connectivity index (χ2n) is 6.76. The molecule has 21 heavy (non-hydrogen) atoms. The highest BCUT2D eigenvalue weighted by molar-refractivity contribution is 5.78. The number of nitrogens with zero attached hydrogens (tertiary/aromatic N) is 1. The van der Waals surface area contributed by atoms with Gasteiger partial charge in [0.05, 0.1) is 0 Å². The van der Waals surface area contributed by atoms with Gasteiger partial charge in [0.1, 0.15) is 5.54 Å². The number of nitrogens with one attached hydrogen (secondary N) is 1. The van der Waals surface area contributed by atoms with E-state index in [2.05, 4.69) is 17.1 Å². The van der Waals surface area contributed by atoms with Crippen LogP contribution in [-0.4, -0.2) is 46.7 Å². The normalized spacial score (nSPS) is 18.2. The van der Waals surface area contributed by atoms with E-state index in [9.17, 15) is 9.90 Å². The summed E-state index contributed by atoms with van der Waals surface area (Å²) in [6, 6.07) is 0.969. The number of carbonyl (C=O) groups is 1. The van der Waals surface area contributed by atoms with Crippen molar-refractivity contribution in [3.63, 3.8) is 0 Å². The Hall–Kier alpha value is -0.610. The fourth-order valence-corrected chi connectivity index (χ4v) is 3.09. The fraction of sp³-hybridized carbons (Fsp3) is 0.941. The van der Waals surface area contributed by atoms with Gasteiger partial charge in [-0.15, -0.1) is 0 Å². The maximum atomic E-state index is 11.7. The molecule has 0 aromatic rings. The average molecular weight is 298 g/mol. The summed E-state index contributed by atoms with van der Waals surface area (Å²) >= 11 is 0. The van der Waals surface area contributed by atoms with Crippen molar-refractivity contribution in [2.24, 2.45) is 0 Å². The number of hydrogen-bond donors (Lipinski definition) is 2. The molecule has 1 unspecified atom stereocenters. The molecule has 1 saturated carbocycles. The van der Waals surface area contributed by atoms with Gasteiger partial charge in [0.2, 0.25) is 0 Å². The van der Waals surface area contributed by atoms with Gasteiger partial charge in [-0.05, 0) is 65.5 Å². The van der Waals surface area contributed by atoms with Crippen molar-refractivity contribution < 1.29 is 9.90 Å². The Balaban J connectivity index is 2.49. The average Bonchev–Trinajstić information content (AvgIpc) is 3.25. The molecule has 0 aliphatic heterocycles. The zero-order chi connectivity index (χ0) is 15.9. The summed E-state index contributed by atoms with van der Waals surface area (Å²) < 4.78 is 0. The minimum Gasteiger partial charge on any atom is -0.480 e. The Labute approximate surface area is 130 Å². The van der Waals surface area contributed by atoms with E-state index in [0.29, 0.717) is 12.8 Å². The summed E-state index contributed by atoms with van der Waals surface area (Å²) in [5.41, 5.74) is -0.756. The van der Waals surface area contributed by atoms with Crippen molar-refractivity contribution in [1.29, 1.82) is 0 Å². The van der Waals surface area contributed by atoms with Crippen molar-refractivity contribution in [3.8, 4) is 0 Å². The number of rotatable bonds is 12. The summed E-state index contributed by atoms with van der Waals surface area (Å²) in [5, 5.41) is 12.9. The van der Waals surface area contributed by atoms with E-state index in [4.69, 9.17) is 0 Å². The second kappa shape index (κ2) is 8.74. The molecule has 0 aromatic carbocycles. The van der Waals surface area contributed by atoms with Crippen molar-refractivity contribution in [3.05, 3.63) is 0 Å². The van der Waals surface area contributed by atoms with E-state index in [1.54, 1.807) is 0 Å². The molecule has 0 bridgehead atoms. The Morgan fingerprint density at radius 1 is 1.29 bits per heavy atom. The van der Waals surface area contributed by atoms with Crippen LogP contribution in [0.5, 0.6) is 0 Å². The molecule has 0 radical (unpaired) electrons. The Bertz CT molecular complexity index is 316. The molecule has 0 heterocycles. The molecule has 0 saturated heterocycles. The molecule has 4 heteroatoms. The van der Waals surface area contributed by atoms with Crippen LogP contribution in [0.2, 0.25) is 0 Å². The number of hydrogen-bond acceptors (Lipinski definition) is 3. The summed E-state index contributed by atoms with van der Waals surface area (Å²) in [4.78, 5) is 14.3. The van der Waals surface area contributed by atoms with Gasteiger partial charge in [0.25, 0.3) is 0 Å². The standard InChI is InChI=1S/C17H34N2O2/c1-5-7-12-19(15-9-10-15)13-8-11-17(6-2,16(20)21)18-14(3)4/h14-15,18H,5-13H2,1-4H3,(H,20,21). The van der Waals surface area contributed by atoms with Gasteiger partial charge in [-0.25, -0.2) is 0 Å². The Morgan fingerprint density at radius 2 is 1.90 bits per heavy atom. The van der Waals surface area contributed by atoms with Crippen molar-refractivity contribution in [2.75, 3.05) is 13.1 Å². The Morgan fingerprint density at radius 3 is 2.33 bits per heavy atom. The lowest BCUT2D eigenvalue weighted by molar-refractivity contribution is -0.145. The van der Waals surface area contributed by atoms with E-state index in [1.165, 1.54) is 32.2 Å². The van der Waals surface area contributed by atoms with Crippen molar-refractivity contribution in [1.82, 2.24) is 10.2 Å². The SMILES string of the molecule is CCCCN(CCCC(CC)(NC(C)C)C(=O)O)C1CC1. The molecular formula is C17H34N2O2. The number of aliphatic carboxylic acids is 1. The van der Waals surface area contributed by atoms with Crippen LogP contribution in [0.1, 0.15) is 72.6 Å². The second-order valence-corrected chi connectivity index (χ2v) is 6.76. The van der Waals surface area contributed by atoms with Gasteiger partial charge in [-0.2, -0.15) is 0 Å². The first kappa shape index (κ1) is 18.4. The lowest BCUT2D eigenvalue weighted by atomic mass is 9.89. The predicted molar refractivity (Wildman–Crippen MR) is 87.7 cm³/mol. The van der Waals surface area contributed by atoms with E-state index < -0.39 is 11.5 Å². The van der Waals surface area contributed by atoms with Crippen LogP contribution >= 0.6 is 0 Å². The van der Waals surface area contributed by atoms with E-state index >= 15 is 0 Å². The van der Waals surface area contributed by atoms with Crippen LogP contribution in [0, 0.1) is 0 Å². The molecule has 1 aliphatic carbocycles. The summed E-state index contributed by atoms with van der Waals surface area (Å²) in [6.45, 7) is 10.4. The number of carboxylic acids is 1. The molecule has 0 amide bonds. The molecule has 1 rings (SSSR count). The molecule has 2 N–H and O–H groups in total. The van der Waals surface area contributed by atoms with Gasteiger partial charge < -0.3 is 10.0 Å². The molecular weight excluding hydrogens is 264 g/mol.